The molecule has 148 valence electrons. The molecule has 0 saturated heterocycles. The van der Waals surface area contributed by atoms with E-state index < -0.39 is 25.9 Å². The van der Waals surface area contributed by atoms with Gasteiger partial charge in [-0.3, -0.25) is 4.72 Å². The van der Waals surface area contributed by atoms with Crippen molar-refractivity contribution in [3.8, 4) is 0 Å². The molecule has 0 aliphatic rings. The summed E-state index contributed by atoms with van der Waals surface area (Å²) in [4.78, 5) is -0.332. The van der Waals surface area contributed by atoms with E-state index in [1.54, 1.807) is 0 Å². The maximum Gasteiger partial charge on any atom is 0.262 e. The number of rotatable bonds is 8. The van der Waals surface area contributed by atoms with Crippen LogP contribution in [0.25, 0.3) is 0 Å². The van der Waals surface area contributed by atoms with Gasteiger partial charge < -0.3 is 5.32 Å². The summed E-state index contributed by atoms with van der Waals surface area (Å²) >= 11 is 0. The van der Waals surface area contributed by atoms with Gasteiger partial charge in [-0.05, 0) is 55.3 Å². The largest absolute Gasteiger partial charge is 0.383 e. The lowest BCUT2D eigenvalue weighted by atomic mass is 10.2. The Morgan fingerprint density at radius 3 is 2.33 bits per heavy atom. The molecule has 2 aromatic carbocycles. The molecule has 0 aliphatic carbocycles. The summed E-state index contributed by atoms with van der Waals surface area (Å²) in [5.41, 5.74) is 0.686. The van der Waals surface area contributed by atoms with E-state index in [-0.39, 0.29) is 21.0 Å². The van der Waals surface area contributed by atoms with Crippen LogP contribution in [0.4, 0.5) is 15.8 Å². The maximum absolute atomic E-state index is 13.3. The molecule has 0 bridgehead atoms. The number of hydrogen-bond acceptors (Lipinski definition) is 5. The average Bonchev–Trinajstić information content (AvgIpc) is 2.54. The lowest BCUT2D eigenvalue weighted by Gasteiger charge is -2.16. The van der Waals surface area contributed by atoms with Crippen molar-refractivity contribution < 1.29 is 21.2 Å². The molecule has 0 amide bonds. The SMILES string of the molecule is CCCCNc1ccc(S(N)(=O)=O)cc1NS(=O)(=O)c1ccc(F)cc1C. The van der Waals surface area contributed by atoms with E-state index in [9.17, 15) is 21.2 Å². The van der Waals surface area contributed by atoms with Crippen LogP contribution < -0.4 is 15.2 Å². The number of primary sulfonamides is 1. The quantitative estimate of drug-likeness (QED) is 0.573. The fourth-order valence-electron chi connectivity index (χ4n) is 2.45. The van der Waals surface area contributed by atoms with Gasteiger partial charge in [0.2, 0.25) is 10.0 Å². The highest BCUT2D eigenvalue weighted by Crippen LogP contribution is 2.28. The first-order chi connectivity index (χ1) is 12.5. The van der Waals surface area contributed by atoms with E-state index in [0.717, 1.165) is 37.1 Å². The summed E-state index contributed by atoms with van der Waals surface area (Å²) in [5, 5.41) is 8.21. The smallest absolute Gasteiger partial charge is 0.262 e. The summed E-state index contributed by atoms with van der Waals surface area (Å²) in [6.45, 7) is 4.06. The van der Waals surface area contributed by atoms with Crippen molar-refractivity contribution in [3.05, 3.63) is 47.8 Å². The first-order valence-corrected chi connectivity index (χ1v) is 11.3. The lowest BCUT2D eigenvalue weighted by molar-refractivity contribution is 0.595. The second kappa shape index (κ2) is 8.24. The van der Waals surface area contributed by atoms with Gasteiger partial charge >= 0.3 is 0 Å². The van der Waals surface area contributed by atoms with Gasteiger partial charge in [-0.2, -0.15) is 0 Å². The Bertz CT molecular complexity index is 1040. The normalized spacial score (nSPS) is 12.0. The standard InChI is InChI=1S/C17H22FN3O4S2/c1-3-4-9-20-15-7-6-14(26(19,22)23)11-16(15)21-27(24,25)17-8-5-13(18)10-12(17)2/h5-8,10-11,20-21H,3-4,9H2,1-2H3,(H2,19,22,23). The second-order valence-electron chi connectivity index (χ2n) is 6.05. The van der Waals surface area contributed by atoms with E-state index in [4.69, 9.17) is 5.14 Å². The number of unbranched alkanes of at least 4 members (excludes halogenated alkanes) is 1. The average molecular weight is 416 g/mol. The number of nitrogens with one attached hydrogen (secondary N) is 2. The van der Waals surface area contributed by atoms with Crippen molar-refractivity contribution in [3.63, 3.8) is 0 Å². The van der Waals surface area contributed by atoms with Gasteiger partial charge in [0.15, 0.2) is 0 Å². The summed E-state index contributed by atoms with van der Waals surface area (Å²) in [7, 11) is -8.08. The predicted octanol–water partition coefficient (Wildman–Crippen LogP) is 2.79. The molecule has 0 atom stereocenters. The third kappa shape index (κ3) is 5.41. The molecule has 2 aromatic rings. The van der Waals surface area contributed by atoms with Crippen LogP contribution in [0.2, 0.25) is 0 Å². The van der Waals surface area contributed by atoms with Crippen molar-refractivity contribution >= 4 is 31.4 Å². The number of benzene rings is 2. The number of aryl methyl sites for hydroxylation is 1. The molecule has 7 nitrogen and oxygen atoms in total. The highest BCUT2D eigenvalue weighted by Gasteiger charge is 2.20. The lowest BCUT2D eigenvalue weighted by Crippen LogP contribution is -2.18. The van der Waals surface area contributed by atoms with Crippen LogP contribution in [-0.4, -0.2) is 23.4 Å². The van der Waals surface area contributed by atoms with Crippen LogP contribution in [0.1, 0.15) is 25.3 Å². The van der Waals surface area contributed by atoms with Crippen molar-refractivity contribution in [1.82, 2.24) is 0 Å². The molecule has 10 heteroatoms. The fraction of sp³-hybridized carbons (Fsp3) is 0.294. The van der Waals surface area contributed by atoms with Crippen LogP contribution in [0.15, 0.2) is 46.2 Å². The molecular formula is C17H22FN3O4S2. The first-order valence-electron chi connectivity index (χ1n) is 8.24. The van der Waals surface area contributed by atoms with Crippen molar-refractivity contribution in [2.24, 2.45) is 5.14 Å². The van der Waals surface area contributed by atoms with E-state index in [0.29, 0.717) is 12.2 Å². The zero-order valence-corrected chi connectivity index (χ0v) is 16.6. The van der Waals surface area contributed by atoms with Gasteiger partial charge in [0, 0.05) is 6.54 Å². The molecule has 0 radical (unpaired) electrons. The molecule has 0 fully saturated rings. The molecule has 0 heterocycles. The Balaban J connectivity index is 2.47. The van der Waals surface area contributed by atoms with Crippen LogP contribution >= 0.6 is 0 Å². The Labute approximate surface area is 158 Å². The minimum absolute atomic E-state index is 0.0429. The number of sulfonamides is 2. The topological polar surface area (TPSA) is 118 Å². The molecule has 0 aliphatic heterocycles. The summed E-state index contributed by atoms with van der Waals surface area (Å²) in [6.07, 6.45) is 1.78. The van der Waals surface area contributed by atoms with Gasteiger partial charge in [-0.1, -0.05) is 13.3 Å². The van der Waals surface area contributed by atoms with Crippen LogP contribution in [0, 0.1) is 12.7 Å². The molecular weight excluding hydrogens is 393 g/mol. The predicted molar refractivity (Wildman–Crippen MR) is 103 cm³/mol. The number of hydrogen-bond donors (Lipinski definition) is 3. The summed E-state index contributed by atoms with van der Waals surface area (Å²) in [5.74, 6) is -0.551. The zero-order valence-electron chi connectivity index (χ0n) is 15.0. The molecule has 0 saturated carbocycles. The van der Waals surface area contributed by atoms with E-state index in [2.05, 4.69) is 10.0 Å². The molecule has 4 N–H and O–H groups in total. The Morgan fingerprint density at radius 1 is 1.04 bits per heavy atom. The second-order valence-corrected chi connectivity index (χ2v) is 9.26. The Hall–Kier alpha value is -2.17. The van der Waals surface area contributed by atoms with E-state index in [1.807, 2.05) is 6.92 Å². The van der Waals surface area contributed by atoms with Crippen molar-refractivity contribution in [1.29, 1.82) is 0 Å². The summed E-state index contributed by atoms with van der Waals surface area (Å²) < 4.78 is 64.4. The third-order valence-electron chi connectivity index (χ3n) is 3.84. The van der Waals surface area contributed by atoms with Gasteiger partial charge in [0.1, 0.15) is 5.82 Å². The van der Waals surface area contributed by atoms with Crippen LogP contribution in [0.3, 0.4) is 0 Å². The molecule has 0 unspecified atom stereocenters. The Kier molecular flexibility index (Phi) is 6.45. The number of halogens is 1. The molecule has 27 heavy (non-hydrogen) atoms. The first kappa shape index (κ1) is 21.1. The maximum atomic E-state index is 13.3. The number of nitrogens with two attached hydrogens (primary N) is 1. The van der Waals surface area contributed by atoms with Gasteiger partial charge in [-0.25, -0.2) is 26.4 Å². The highest BCUT2D eigenvalue weighted by atomic mass is 32.2. The fourth-order valence-corrected chi connectivity index (χ4v) is 4.29. The van der Waals surface area contributed by atoms with Gasteiger partial charge in [-0.15, -0.1) is 0 Å². The van der Waals surface area contributed by atoms with E-state index in [1.165, 1.54) is 19.1 Å². The van der Waals surface area contributed by atoms with Crippen LogP contribution in [0.5, 0.6) is 0 Å². The van der Waals surface area contributed by atoms with Crippen molar-refractivity contribution in [2.45, 2.75) is 36.5 Å². The molecule has 0 spiro atoms. The monoisotopic (exact) mass is 415 g/mol. The Morgan fingerprint density at radius 2 is 1.74 bits per heavy atom. The van der Waals surface area contributed by atoms with Gasteiger partial charge in [0.05, 0.1) is 21.2 Å². The highest BCUT2D eigenvalue weighted by molar-refractivity contribution is 7.92. The summed E-state index contributed by atoms with van der Waals surface area (Å²) in [6, 6.07) is 7.20. The third-order valence-corrected chi connectivity index (χ3v) is 6.27. The van der Waals surface area contributed by atoms with Gasteiger partial charge in [0.25, 0.3) is 10.0 Å². The molecule has 2 rings (SSSR count). The minimum Gasteiger partial charge on any atom is -0.383 e. The minimum atomic E-state index is -4.07. The van der Waals surface area contributed by atoms with E-state index >= 15 is 0 Å². The van der Waals surface area contributed by atoms with Crippen LogP contribution in [-0.2, 0) is 20.0 Å². The number of anilines is 2. The van der Waals surface area contributed by atoms with Crippen molar-refractivity contribution in [2.75, 3.05) is 16.6 Å². The zero-order chi connectivity index (χ0) is 20.2. The molecule has 0 aromatic heterocycles.